The number of aryl methyl sites for hydroxylation is 1. The molecular formula is C9H18N6. The van der Waals surface area contributed by atoms with Crippen LogP contribution in [0.5, 0.6) is 0 Å². The molecule has 1 aromatic rings. The molecule has 0 atom stereocenters. The molecule has 1 rings (SSSR count). The van der Waals surface area contributed by atoms with Crippen LogP contribution in [0.2, 0.25) is 0 Å². The van der Waals surface area contributed by atoms with Crippen LogP contribution in [-0.4, -0.2) is 38.7 Å². The smallest absolute Gasteiger partial charge is 0.191 e. The molecule has 0 spiro atoms. The van der Waals surface area contributed by atoms with Crippen molar-refractivity contribution in [3.63, 3.8) is 0 Å². The Morgan fingerprint density at radius 1 is 1.53 bits per heavy atom. The van der Waals surface area contributed by atoms with Gasteiger partial charge in [0.2, 0.25) is 0 Å². The highest BCUT2D eigenvalue weighted by Gasteiger charge is 2.02. The van der Waals surface area contributed by atoms with E-state index in [0.29, 0.717) is 18.3 Å². The zero-order chi connectivity index (χ0) is 11.3. The molecule has 0 saturated heterocycles. The molecule has 84 valence electrons. The summed E-state index contributed by atoms with van der Waals surface area (Å²) in [6.45, 7) is 6.25. The van der Waals surface area contributed by atoms with E-state index < -0.39 is 0 Å². The van der Waals surface area contributed by atoms with Gasteiger partial charge in [-0.3, -0.25) is 4.68 Å². The molecule has 6 heteroatoms. The average Bonchev–Trinajstić information content (AvgIpc) is 2.63. The third-order valence-corrected chi connectivity index (χ3v) is 2.12. The normalized spacial score (nSPS) is 11.8. The maximum atomic E-state index is 5.81. The van der Waals surface area contributed by atoms with Crippen LogP contribution < -0.4 is 5.73 Å². The van der Waals surface area contributed by atoms with Crippen LogP contribution >= 0.6 is 0 Å². The largest absolute Gasteiger partial charge is 0.370 e. The fourth-order valence-corrected chi connectivity index (χ4v) is 1.26. The quantitative estimate of drug-likeness (QED) is 0.559. The van der Waals surface area contributed by atoms with Crippen LogP contribution in [0.1, 0.15) is 19.7 Å². The highest BCUT2D eigenvalue weighted by atomic mass is 15.3. The molecule has 1 aromatic heterocycles. The molecule has 2 N–H and O–H groups in total. The molecule has 1 heterocycles. The number of hydrogen-bond acceptors (Lipinski definition) is 3. The first-order chi connectivity index (χ1) is 7.17. The van der Waals surface area contributed by atoms with E-state index in [0.717, 1.165) is 13.1 Å². The molecule has 0 aliphatic heterocycles. The third-order valence-electron chi connectivity index (χ3n) is 2.12. The summed E-state index contributed by atoms with van der Waals surface area (Å²) < 4.78 is 1.65. The Hall–Kier alpha value is -1.59. The van der Waals surface area contributed by atoms with Crippen molar-refractivity contribution in [3.8, 4) is 0 Å². The Morgan fingerprint density at radius 2 is 2.20 bits per heavy atom. The molecule has 0 aliphatic rings. The summed E-state index contributed by atoms with van der Waals surface area (Å²) >= 11 is 0. The van der Waals surface area contributed by atoms with Crippen molar-refractivity contribution < 1.29 is 0 Å². The second kappa shape index (κ2) is 5.33. The van der Waals surface area contributed by atoms with Crippen molar-refractivity contribution in [1.29, 1.82) is 0 Å². The molecule has 0 amide bonds. The van der Waals surface area contributed by atoms with Gasteiger partial charge in [-0.2, -0.15) is 5.10 Å². The number of aliphatic imine (C=N–C) groups is 1. The minimum absolute atomic E-state index is 0.434. The predicted octanol–water partition coefficient (Wildman–Crippen LogP) is -0.0284. The molecule has 0 aliphatic carbocycles. The first-order valence-electron chi connectivity index (χ1n) is 5.06. The van der Waals surface area contributed by atoms with E-state index in [1.807, 2.05) is 25.8 Å². The number of hydrogen-bond donors (Lipinski definition) is 1. The molecule has 15 heavy (non-hydrogen) atoms. The molecule has 0 aromatic carbocycles. The Morgan fingerprint density at radius 3 is 2.67 bits per heavy atom. The zero-order valence-electron chi connectivity index (χ0n) is 9.51. The minimum Gasteiger partial charge on any atom is -0.370 e. The SMILES string of the molecule is CCN(CC)C(N)=NCc1ncn(C)n1. The van der Waals surface area contributed by atoms with Crippen LogP contribution in [0.15, 0.2) is 11.3 Å². The standard InChI is InChI=1S/C9H18N6/c1-4-15(5-2)9(10)11-6-8-12-7-14(3)13-8/h7H,4-6H2,1-3H3,(H2,10,11). The first-order valence-corrected chi connectivity index (χ1v) is 5.06. The van der Waals surface area contributed by atoms with Gasteiger partial charge < -0.3 is 10.6 Å². The highest BCUT2D eigenvalue weighted by Crippen LogP contribution is 1.93. The van der Waals surface area contributed by atoms with Crippen molar-refractivity contribution in [2.45, 2.75) is 20.4 Å². The summed E-state index contributed by atoms with van der Waals surface area (Å²) in [5.74, 6) is 1.24. The van der Waals surface area contributed by atoms with Gasteiger partial charge in [-0.25, -0.2) is 9.98 Å². The monoisotopic (exact) mass is 210 g/mol. The second-order valence-corrected chi connectivity index (χ2v) is 3.18. The minimum atomic E-state index is 0.434. The maximum absolute atomic E-state index is 5.81. The molecule has 6 nitrogen and oxygen atoms in total. The van der Waals surface area contributed by atoms with Gasteiger partial charge in [0.15, 0.2) is 11.8 Å². The van der Waals surface area contributed by atoms with Crippen molar-refractivity contribution in [3.05, 3.63) is 12.2 Å². The van der Waals surface area contributed by atoms with Crippen LogP contribution in [0.25, 0.3) is 0 Å². The summed E-state index contributed by atoms with van der Waals surface area (Å²) in [5, 5.41) is 4.12. The predicted molar refractivity (Wildman–Crippen MR) is 59.3 cm³/mol. The van der Waals surface area contributed by atoms with Crippen LogP contribution in [-0.2, 0) is 13.6 Å². The lowest BCUT2D eigenvalue weighted by molar-refractivity contribution is 0.457. The average molecular weight is 210 g/mol. The topological polar surface area (TPSA) is 72.3 Å². The zero-order valence-corrected chi connectivity index (χ0v) is 9.51. The summed E-state index contributed by atoms with van der Waals surface area (Å²) in [7, 11) is 1.83. The lowest BCUT2D eigenvalue weighted by Crippen LogP contribution is -2.37. The number of rotatable bonds is 4. The molecule has 0 bridgehead atoms. The van der Waals surface area contributed by atoms with Gasteiger partial charge in [-0.1, -0.05) is 0 Å². The third kappa shape index (κ3) is 3.23. The summed E-state index contributed by atoms with van der Waals surface area (Å²) in [6.07, 6.45) is 1.65. The van der Waals surface area contributed by atoms with Crippen molar-refractivity contribution in [1.82, 2.24) is 19.7 Å². The second-order valence-electron chi connectivity index (χ2n) is 3.18. The van der Waals surface area contributed by atoms with Crippen molar-refractivity contribution in [2.24, 2.45) is 17.8 Å². The lowest BCUT2D eigenvalue weighted by Gasteiger charge is -2.18. The van der Waals surface area contributed by atoms with E-state index >= 15 is 0 Å². The fourth-order valence-electron chi connectivity index (χ4n) is 1.26. The first kappa shape index (κ1) is 11.5. The van der Waals surface area contributed by atoms with Crippen LogP contribution in [0.4, 0.5) is 0 Å². The number of aromatic nitrogens is 3. The van der Waals surface area contributed by atoms with E-state index in [2.05, 4.69) is 15.1 Å². The van der Waals surface area contributed by atoms with Gasteiger partial charge in [-0.05, 0) is 13.8 Å². The van der Waals surface area contributed by atoms with E-state index in [1.54, 1.807) is 11.0 Å². The number of nitrogens with two attached hydrogens (primary N) is 1. The molecular weight excluding hydrogens is 192 g/mol. The van der Waals surface area contributed by atoms with Gasteiger partial charge in [0, 0.05) is 20.1 Å². The summed E-state index contributed by atoms with van der Waals surface area (Å²) in [4.78, 5) is 10.3. The van der Waals surface area contributed by atoms with E-state index in [-0.39, 0.29) is 0 Å². The lowest BCUT2D eigenvalue weighted by atomic mass is 10.5. The van der Waals surface area contributed by atoms with Gasteiger partial charge in [0.25, 0.3) is 0 Å². The summed E-state index contributed by atoms with van der Waals surface area (Å²) in [6, 6.07) is 0. The van der Waals surface area contributed by atoms with E-state index in [1.165, 1.54) is 0 Å². The Kier molecular flexibility index (Phi) is 4.08. The Labute approximate surface area is 89.8 Å². The Balaban J connectivity index is 2.56. The highest BCUT2D eigenvalue weighted by molar-refractivity contribution is 5.77. The van der Waals surface area contributed by atoms with Crippen molar-refractivity contribution in [2.75, 3.05) is 13.1 Å². The molecule has 0 saturated carbocycles. The van der Waals surface area contributed by atoms with Crippen LogP contribution in [0, 0.1) is 0 Å². The maximum Gasteiger partial charge on any atom is 0.191 e. The van der Waals surface area contributed by atoms with Gasteiger partial charge in [0.1, 0.15) is 12.9 Å². The molecule has 0 fully saturated rings. The van der Waals surface area contributed by atoms with E-state index in [9.17, 15) is 0 Å². The molecule has 0 unspecified atom stereocenters. The van der Waals surface area contributed by atoms with Gasteiger partial charge in [-0.15, -0.1) is 0 Å². The number of nitrogens with zero attached hydrogens (tertiary/aromatic N) is 5. The van der Waals surface area contributed by atoms with Gasteiger partial charge >= 0.3 is 0 Å². The summed E-state index contributed by atoms with van der Waals surface area (Å²) in [5.41, 5.74) is 5.81. The van der Waals surface area contributed by atoms with Crippen molar-refractivity contribution >= 4 is 5.96 Å². The van der Waals surface area contributed by atoms with Crippen LogP contribution in [0.3, 0.4) is 0 Å². The number of guanidine groups is 1. The fraction of sp³-hybridized carbons (Fsp3) is 0.667. The van der Waals surface area contributed by atoms with Gasteiger partial charge in [0.05, 0.1) is 0 Å². The Bertz CT molecular complexity index is 325. The molecule has 0 radical (unpaired) electrons. The van der Waals surface area contributed by atoms with E-state index in [4.69, 9.17) is 5.73 Å².